The maximum absolute atomic E-state index is 11.8. The van der Waals surface area contributed by atoms with Gasteiger partial charge in [0.1, 0.15) is 5.78 Å². The molecule has 116 valence electrons. The Kier molecular flexibility index (Phi) is 9.55. The first-order valence-electron chi connectivity index (χ1n) is 7.18. The van der Waals surface area contributed by atoms with Crippen molar-refractivity contribution in [2.24, 2.45) is 5.92 Å². The maximum Gasteiger partial charge on any atom is 0.220 e. The standard InChI is InChI=1S/C15H27NO3S/c1-10(2)14(18)7-6-8-15(19)16-13(12(5)17)9-20-11(3)4/h10-11,13H,6-9H2,1-5H3,(H,16,19). The molecule has 1 amide bonds. The monoisotopic (exact) mass is 301 g/mol. The summed E-state index contributed by atoms with van der Waals surface area (Å²) in [5, 5.41) is 3.18. The van der Waals surface area contributed by atoms with E-state index >= 15 is 0 Å². The number of hydrogen-bond acceptors (Lipinski definition) is 4. The second-order valence-corrected chi connectivity index (χ2v) is 7.20. The second kappa shape index (κ2) is 9.97. The van der Waals surface area contributed by atoms with Gasteiger partial charge in [0.05, 0.1) is 6.04 Å². The number of ketones is 2. The average molecular weight is 301 g/mol. The lowest BCUT2D eigenvalue weighted by Crippen LogP contribution is -2.41. The van der Waals surface area contributed by atoms with E-state index in [4.69, 9.17) is 0 Å². The Morgan fingerprint density at radius 2 is 1.65 bits per heavy atom. The van der Waals surface area contributed by atoms with Crippen LogP contribution in [0.5, 0.6) is 0 Å². The van der Waals surface area contributed by atoms with Gasteiger partial charge in [-0.3, -0.25) is 14.4 Å². The van der Waals surface area contributed by atoms with Gasteiger partial charge in [0, 0.05) is 24.5 Å². The summed E-state index contributed by atoms with van der Waals surface area (Å²) in [7, 11) is 0. The Balaban J connectivity index is 4.07. The molecule has 0 aliphatic heterocycles. The summed E-state index contributed by atoms with van der Waals surface area (Å²) in [6, 6.07) is -0.421. The van der Waals surface area contributed by atoms with Gasteiger partial charge in [-0.2, -0.15) is 11.8 Å². The third-order valence-electron chi connectivity index (χ3n) is 2.89. The van der Waals surface area contributed by atoms with E-state index in [1.54, 1.807) is 11.8 Å². The van der Waals surface area contributed by atoms with Crippen LogP contribution >= 0.6 is 11.8 Å². The summed E-state index contributed by atoms with van der Waals surface area (Å²) in [5.41, 5.74) is 0. The number of rotatable bonds is 10. The summed E-state index contributed by atoms with van der Waals surface area (Å²) in [6.07, 6.45) is 1.27. The minimum Gasteiger partial charge on any atom is -0.345 e. The summed E-state index contributed by atoms with van der Waals surface area (Å²) in [5.74, 6) is 0.626. The fourth-order valence-electron chi connectivity index (χ4n) is 1.53. The first-order valence-corrected chi connectivity index (χ1v) is 8.23. The topological polar surface area (TPSA) is 63.2 Å². The fourth-order valence-corrected chi connectivity index (χ4v) is 2.42. The molecule has 0 aliphatic carbocycles. The number of nitrogens with one attached hydrogen (secondary N) is 1. The summed E-state index contributed by atoms with van der Waals surface area (Å²) in [4.78, 5) is 34.7. The first kappa shape index (κ1) is 19.2. The van der Waals surface area contributed by atoms with E-state index in [0.717, 1.165) is 0 Å². The van der Waals surface area contributed by atoms with Crippen molar-refractivity contribution in [3.63, 3.8) is 0 Å². The average Bonchev–Trinajstić information content (AvgIpc) is 2.33. The molecule has 5 heteroatoms. The Bertz CT molecular complexity index is 340. The lowest BCUT2D eigenvalue weighted by Gasteiger charge is -2.16. The van der Waals surface area contributed by atoms with Gasteiger partial charge in [-0.15, -0.1) is 0 Å². The van der Waals surface area contributed by atoms with Crippen LogP contribution in [0.3, 0.4) is 0 Å². The minimum atomic E-state index is -0.421. The third-order valence-corrected chi connectivity index (χ3v) is 4.09. The number of Topliss-reactive ketones (excluding diaryl/α,β-unsaturated/α-hetero) is 2. The van der Waals surface area contributed by atoms with E-state index in [1.165, 1.54) is 6.92 Å². The Morgan fingerprint density at radius 3 is 2.10 bits per heavy atom. The van der Waals surface area contributed by atoms with Crippen molar-refractivity contribution < 1.29 is 14.4 Å². The molecule has 1 N–H and O–H groups in total. The molecule has 0 saturated heterocycles. The lowest BCUT2D eigenvalue weighted by atomic mass is 10.0. The quantitative estimate of drug-likeness (QED) is 0.673. The van der Waals surface area contributed by atoms with Crippen LogP contribution in [0.15, 0.2) is 0 Å². The van der Waals surface area contributed by atoms with Crippen LogP contribution in [-0.2, 0) is 14.4 Å². The minimum absolute atomic E-state index is 0.0190. The molecule has 0 heterocycles. The van der Waals surface area contributed by atoms with Gasteiger partial charge in [0.15, 0.2) is 5.78 Å². The Hall–Kier alpha value is -0.840. The molecule has 20 heavy (non-hydrogen) atoms. The highest BCUT2D eigenvalue weighted by Gasteiger charge is 2.17. The zero-order valence-electron chi connectivity index (χ0n) is 13.2. The van der Waals surface area contributed by atoms with Crippen molar-refractivity contribution >= 4 is 29.2 Å². The van der Waals surface area contributed by atoms with Crippen LogP contribution < -0.4 is 5.32 Å². The van der Waals surface area contributed by atoms with Crippen LogP contribution in [0.2, 0.25) is 0 Å². The zero-order valence-corrected chi connectivity index (χ0v) is 14.0. The molecule has 1 atom stereocenters. The molecule has 0 saturated carbocycles. The van der Waals surface area contributed by atoms with Gasteiger partial charge in [-0.05, 0) is 18.6 Å². The molecule has 0 spiro atoms. The maximum atomic E-state index is 11.8. The second-order valence-electron chi connectivity index (χ2n) is 5.59. The van der Waals surface area contributed by atoms with Gasteiger partial charge in [0.25, 0.3) is 0 Å². The van der Waals surface area contributed by atoms with E-state index in [9.17, 15) is 14.4 Å². The predicted molar refractivity (Wildman–Crippen MR) is 83.9 cm³/mol. The van der Waals surface area contributed by atoms with Gasteiger partial charge in [0.2, 0.25) is 5.91 Å². The molecule has 0 aromatic rings. The normalized spacial score (nSPS) is 12.6. The molecule has 0 aromatic heterocycles. The number of hydrogen-bond donors (Lipinski definition) is 1. The van der Waals surface area contributed by atoms with Crippen molar-refractivity contribution in [3.05, 3.63) is 0 Å². The summed E-state index contributed by atoms with van der Waals surface area (Å²) >= 11 is 1.65. The third kappa shape index (κ3) is 9.13. The Labute approximate surface area is 126 Å². The van der Waals surface area contributed by atoms with Crippen molar-refractivity contribution in [2.75, 3.05) is 5.75 Å². The first-order chi connectivity index (χ1) is 9.23. The highest BCUT2D eigenvalue weighted by Crippen LogP contribution is 2.11. The molecular formula is C15H27NO3S. The van der Waals surface area contributed by atoms with Gasteiger partial charge < -0.3 is 5.32 Å². The summed E-state index contributed by atoms with van der Waals surface area (Å²) in [6.45, 7) is 9.32. The molecule has 0 aromatic carbocycles. The van der Waals surface area contributed by atoms with Gasteiger partial charge in [-0.1, -0.05) is 27.7 Å². The number of carbonyl (C=O) groups is 3. The van der Waals surface area contributed by atoms with Crippen LogP contribution in [0, 0.1) is 5.92 Å². The van der Waals surface area contributed by atoms with Crippen molar-refractivity contribution in [3.8, 4) is 0 Å². The molecule has 0 aliphatic rings. The van der Waals surface area contributed by atoms with Crippen molar-refractivity contribution in [1.29, 1.82) is 0 Å². The molecule has 0 rings (SSSR count). The SMILES string of the molecule is CC(=O)C(CSC(C)C)NC(=O)CCCC(=O)C(C)C. The van der Waals surface area contributed by atoms with E-state index in [2.05, 4.69) is 19.2 Å². The highest BCUT2D eigenvalue weighted by molar-refractivity contribution is 7.99. The van der Waals surface area contributed by atoms with Crippen LogP contribution in [0.1, 0.15) is 53.9 Å². The van der Waals surface area contributed by atoms with Crippen LogP contribution in [-0.4, -0.2) is 34.5 Å². The van der Waals surface area contributed by atoms with Crippen LogP contribution in [0.25, 0.3) is 0 Å². The molecule has 1 unspecified atom stereocenters. The van der Waals surface area contributed by atoms with Crippen molar-refractivity contribution in [2.45, 2.75) is 65.2 Å². The van der Waals surface area contributed by atoms with E-state index in [0.29, 0.717) is 30.3 Å². The molecule has 0 fully saturated rings. The number of thioether (sulfide) groups is 1. The predicted octanol–water partition coefficient (Wildman–Crippen LogP) is 2.60. The lowest BCUT2D eigenvalue weighted by molar-refractivity contribution is -0.126. The van der Waals surface area contributed by atoms with E-state index in [-0.39, 0.29) is 23.4 Å². The van der Waals surface area contributed by atoms with Crippen molar-refractivity contribution in [1.82, 2.24) is 5.32 Å². The van der Waals surface area contributed by atoms with Crippen LogP contribution in [0.4, 0.5) is 0 Å². The van der Waals surface area contributed by atoms with E-state index in [1.807, 2.05) is 13.8 Å². The van der Waals surface area contributed by atoms with E-state index < -0.39 is 6.04 Å². The summed E-state index contributed by atoms with van der Waals surface area (Å²) < 4.78 is 0. The highest BCUT2D eigenvalue weighted by atomic mass is 32.2. The molecule has 0 radical (unpaired) electrons. The largest absolute Gasteiger partial charge is 0.345 e. The molecular weight excluding hydrogens is 274 g/mol. The Morgan fingerprint density at radius 1 is 1.05 bits per heavy atom. The van der Waals surface area contributed by atoms with Gasteiger partial charge >= 0.3 is 0 Å². The smallest absolute Gasteiger partial charge is 0.220 e. The molecule has 0 bridgehead atoms. The number of amides is 1. The zero-order chi connectivity index (χ0) is 15.7. The molecule has 4 nitrogen and oxygen atoms in total. The van der Waals surface area contributed by atoms with Gasteiger partial charge in [-0.25, -0.2) is 0 Å². The fraction of sp³-hybridized carbons (Fsp3) is 0.800. The number of carbonyl (C=O) groups excluding carboxylic acids is 3.